The van der Waals surface area contributed by atoms with E-state index >= 15 is 0 Å². The van der Waals surface area contributed by atoms with Gasteiger partial charge in [0.2, 0.25) is 0 Å². The molecule has 0 saturated heterocycles. The summed E-state index contributed by atoms with van der Waals surface area (Å²) in [7, 11) is 0. The number of fused-ring (bicyclic) bond motifs is 1. The van der Waals surface area contributed by atoms with Crippen LogP contribution in [0.2, 0.25) is 0 Å². The van der Waals surface area contributed by atoms with Crippen molar-refractivity contribution in [3.8, 4) is 0 Å². The van der Waals surface area contributed by atoms with Gasteiger partial charge in [0.15, 0.2) is 0 Å². The van der Waals surface area contributed by atoms with Gasteiger partial charge in [-0.15, -0.1) is 0 Å². The van der Waals surface area contributed by atoms with E-state index in [1.807, 2.05) is 6.92 Å². The minimum absolute atomic E-state index is 0.601. The van der Waals surface area contributed by atoms with Crippen molar-refractivity contribution in [1.29, 1.82) is 0 Å². The zero-order valence-electron chi connectivity index (χ0n) is 5.90. The average molecular weight is 166 g/mol. The van der Waals surface area contributed by atoms with Crippen LogP contribution in [0.5, 0.6) is 0 Å². The summed E-state index contributed by atoms with van der Waals surface area (Å²) in [5, 5.41) is 6.63. The van der Waals surface area contributed by atoms with E-state index < -0.39 is 0 Å². The highest BCUT2D eigenvalue weighted by molar-refractivity contribution is 7.71. The number of aromatic nitrogens is 4. The van der Waals surface area contributed by atoms with E-state index in [4.69, 9.17) is 12.2 Å². The molecule has 0 radical (unpaired) electrons. The lowest BCUT2D eigenvalue weighted by atomic mass is 10.5. The number of rotatable bonds is 0. The summed E-state index contributed by atoms with van der Waals surface area (Å²) in [6.07, 6.45) is 1.71. The van der Waals surface area contributed by atoms with Gasteiger partial charge in [-0.25, -0.2) is 14.7 Å². The second-order valence-electron chi connectivity index (χ2n) is 2.26. The number of hydrogen-bond acceptors (Lipinski definition) is 3. The van der Waals surface area contributed by atoms with Crippen LogP contribution in [-0.2, 0) is 0 Å². The third-order valence-corrected chi connectivity index (χ3v) is 1.69. The lowest BCUT2D eigenvalue weighted by Gasteiger charge is -1.94. The molecule has 0 saturated carbocycles. The number of nitrogens with one attached hydrogen (secondary N) is 1. The van der Waals surface area contributed by atoms with Crippen molar-refractivity contribution in [3.05, 3.63) is 22.7 Å². The van der Waals surface area contributed by atoms with Crippen LogP contribution in [0.1, 0.15) is 5.82 Å². The predicted molar refractivity (Wildman–Crippen MR) is 42.9 cm³/mol. The third kappa shape index (κ3) is 0.932. The van der Waals surface area contributed by atoms with Gasteiger partial charge in [-0.05, 0) is 6.92 Å². The molecule has 1 N–H and O–H groups in total. The number of nitrogens with zero attached hydrogens (tertiary/aromatic N) is 3. The maximum Gasteiger partial charge on any atom is 0.130 e. The Morgan fingerprint density at radius 1 is 1.64 bits per heavy atom. The first kappa shape index (κ1) is 6.48. The van der Waals surface area contributed by atoms with Crippen LogP contribution in [0.3, 0.4) is 0 Å². The van der Waals surface area contributed by atoms with E-state index in [0.717, 1.165) is 11.3 Å². The van der Waals surface area contributed by atoms with E-state index in [1.54, 1.807) is 16.8 Å². The largest absolute Gasteiger partial charge is 0.225 e. The Kier molecular flexibility index (Phi) is 1.25. The van der Waals surface area contributed by atoms with E-state index in [0.29, 0.717) is 4.64 Å². The summed E-state index contributed by atoms with van der Waals surface area (Å²) in [6.45, 7) is 1.88. The van der Waals surface area contributed by atoms with Crippen molar-refractivity contribution in [1.82, 2.24) is 19.8 Å². The van der Waals surface area contributed by atoms with Gasteiger partial charge in [-0.2, -0.15) is 5.10 Å². The van der Waals surface area contributed by atoms with Gasteiger partial charge in [0.05, 0.1) is 11.7 Å². The maximum atomic E-state index is 4.93. The molecule has 2 aromatic rings. The molecule has 5 heteroatoms. The molecule has 4 nitrogen and oxygen atoms in total. The molecule has 11 heavy (non-hydrogen) atoms. The first-order chi connectivity index (χ1) is 5.27. The summed E-state index contributed by atoms with van der Waals surface area (Å²) < 4.78 is 2.37. The van der Waals surface area contributed by atoms with Gasteiger partial charge in [0.1, 0.15) is 10.5 Å². The Morgan fingerprint density at radius 2 is 2.45 bits per heavy atom. The van der Waals surface area contributed by atoms with Gasteiger partial charge in [0.25, 0.3) is 0 Å². The Morgan fingerprint density at radius 3 is 3.27 bits per heavy atom. The molecule has 2 rings (SSSR count). The molecule has 0 bridgehead atoms. The van der Waals surface area contributed by atoms with E-state index in [2.05, 4.69) is 15.3 Å². The number of hydrogen-bond donors (Lipinski definition) is 1. The van der Waals surface area contributed by atoms with Crippen LogP contribution in [0.25, 0.3) is 5.52 Å². The molecule has 2 aromatic heterocycles. The Bertz CT molecular complexity index is 441. The van der Waals surface area contributed by atoms with Gasteiger partial charge >= 0.3 is 0 Å². The Labute approximate surface area is 67.9 Å². The number of aryl methyl sites for hydroxylation is 1. The van der Waals surface area contributed by atoms with Crippen molar-refractivity contribution in [2.24, 2.45) is 0 Å². The molecule has 0 aromatic carbocycles. The second kappa shape index (κ2) is 2.13. The van der Waals surface area contributed by atoms with E-state index in [1.165, 1.54) is 0 Å². The molecule has 0 aliphatic rings. The summed E-state index contributed by atoms with van der Waals surface area (Å²) in [5.74, 6) is 0.824. The summed E-state index contributed by atoms with van der Waals surface area (Å²) >= 11 is 4.93. The third-order valence-electron chi connectivity index (χ3n) is 1.48. The quantitative estimate of drug-likeness (QED) is 0.596. The highest BCUT2D eigenvalue weighted by atomic mass is 32.1. The molecule has 2 heterocycles. The highest BCUT2D eigenvalue weighted by Gasteiger charge is 1.96. The van der Waals surface area contributed by atoms with E-state index in [9.17, 15) is 0 Å². The first-order valence-corrected chi connectivity index (χ1v) is 3.58. The van der Waals surface area contributed by atoms with Crippen molar-refractivity contribution < 1.29 is 0 Å². The van der Waals surface area contributed by atoms with Crippen LogP contribution in [0, 0.1) is 11.6 Å². The zero-order chi connectivity index (χ0) is 7.84. The van der Waals surface area contributed by atoms with Crippen molar-refractivity contribution in [2.45, 2.75) is 6.92 Å². The Hall–Kier alpha value is -1.23. The smallest absolute Gasteiger partial charge is 0.130 e. The topological polar surface area (TPSA) is 46.0 Å². The lowest BCUT2D eigenvalue weighted by Crippen LogP contribution is -1.96. The summed E-state index contributed by atoms with van der Waals surface area (Å²) in [6, 6.07) is 1.80. The maximum absolute atomic E-state index is 4.93. The van der Waals surface area contributed by atoms with Crippen LogP contribution in [0.4, 0.5) is 0 Å². The number of H-pyrrole nitrogens is 1. The standard InChI is InChI=1S/C6H6N4S/c1-4-8-6(11)2-5-3-7-9-10(4)5/h2-3,9H,1H3. The van der Waals surface area contributed by atoms with Crippen LogP contribution in [0.15, 0.2) is 12.3 Å². The van der Waals surface area contributed by atoms with Crippen molar-refractivity contribution >= 4 is 17.7 Å². The lowest BCUT2D eigenvalue weighted by molar-refractivity contribution is 0.796. The van der Waals surface area contributed by atoms with Gasteiger partial charge in [-0.3, -0.25) is 0 Å². The SMILES string of the molecule is Cc1nc(=S)cc2cn[nH]n12. The van der Waals surface area contributed by atoms with E-state index in [-0.39, 0.29) is 0 Å². The fourth-order valence-corrected chi connectivity index (χ4v) is 1.25. The molecule has 0 aliphatic heterocycles. The molecule has 0 spiro atoms. The second-order valence-corrected chi connectivity index (χ2v) is 2.68. The first-order valence-electron chi connectivity index (χ1n) is 3.17. The van der Waals surface area contributed by atoms with Crippen LogP contribution >= 0.6 is 12.2 Å². The zero-order valence-corrected chi connectivity index (χ0v) is 6.72. The normalized spacial score (nSPS) is 10.6. The molecule has 0 aliphatic carbocycles. The molecule has 0 atom stereocenters. The minimum Gasteiger partial charge on any atom is -0.225 e. The van der Waals surface area contributed by atoms with Gasteiger partial charge in [0, 0.05) is 6.07 Å². The monoisotopic (exact) mass is 166 g/mol. The molecular formula is C6H6N4S. The average Bonchev–Trinajstić information content (AvgIpc) is 2.34. The summed E-state index contributed by atoms with van der Waals surface area (Å²) in [4.78, 5) is 4.08. The molecule has 0 unspecified atom stereocenters. The molecule has 56 valence electrons. The molecule has 0 fully saturated rings. The molecule has 0 amide bonds. The van der Waals surface area contributed by atoms with Crippen LogP contribution in [-0.4, -0.2) is 19.8 Å². The Balaban J connectivity index is 3.02. The molecular weight excluding hydrogens is 160 g/mol. The fourth-order valence-electron chi connectivity index (χ4n) is 0.997. The fraction of sp³-hybridized carbons (Fsp3) is 0.167. The van der Waals surface area contributed by atoms with Gasteiger partial charge < -0.3 is 0 Å². The predicted octanol–water partition coefficient (Wildman–Crippen LogP) is 1.10. The summed E-state index contributed by atoms with van der Waals surface area (Å²) in [5.41, 5.74) is 0.947. The van der Waals surface area contributed by atoms with Gasteiger partial charge in [-0.1, -0.05) is 12.2 Å². The minimum atomic E-state index is 0.601. The van der Waals surface area contributed by atoms with Crippen molar-refractivity contribution in [3.63, 3.8) is 0 Å². The highest BCUT2D eigenvalue weighted by Crippen LogP contribution is 2.00. The van der Waals surface area contributed by atoms with Crippen molar-refractivity contribution in [2.75, 3.05) is 0 Å². The number of aromatic amines is 1. The van der Waals surface area contributed by atoms with Crippen LogP contribution < -0.4 is 0 Å².